The first kappa shape index (κ1) is 18.7. The monoisotopic (exact) mass is 369 g/mol. The van der Waals surface area contributed by atoms with Gasteiger partial charge in [-0.25, -0.2) is 4.39 Å². The van der Waals surface area contributed by atoms with Crippen LogP contribution in [-0.4, -0.2) is 69.7 Å². The minimum absolute atomic E-state index is 0.123. The normalized spacial score (nSPS) is 34.4. The lowest BCUT2D eigenvalue weighted by molar-refractivity contribution is -0.155. The van der Waals surface area contributed by atoms with Gasteiger partial charge >= 0.3 is 0 Å². The van der Waals surface area contributed by atoms with Crippen LogP contribution in [-0.2, 0) is 14.3 Å². The minimum atomic E-state index is -1.45. The summed E-state index contributed by atoms with van der Waals surface area (Å²) in [5, 5.41) is 42.2. The third-order valence-corrected chi connectivity index (χ3v) is 4.61. The molecule has 1 aliphatic carbocycles. The van der Waals surface area contributed by atoms with Crippen LogP contribution in [0.15, 0.2) is 23.8 Å². The van der Waals surface area contributed by atoms with Crippen molar-refractivity contribution in [3.05, 3.63) is 35.2 Å². The van der Waals surface area contributed by atoms with E-state index >= 15 is 0 Å². The smallest absolute Gasteiger partial charge is 0.247 e. The van der Waals surface area contributed by atoms with E-state index in [1.165, 1.54) is 19.1 Å². The van der Waals surface area contributed by atoms with Gasteiger partial charge in [-0.3, -0.25) is 4.79 Å². The number of ether oxygens (including phenoxy) is 2. The van der Waals surface area contributed by atoms with Gasteiger partial charge in [0.15, 0.2) is 11.6 Å². The van der Waals surface area contributed by atoms with E-state index in [2.05, 4.69) is 5.32 Å². The molecule has 1 aromatic carbocycles. The zero-order valence-corrected chi connectivity index (χ0v) is 13.9. The lowest BCUT2D eigenvalue weighted by Crippen LogP contribution is -2.67. The maximum atomic E-state index is 13.4. The van der Waals surface area contributed by atoms with Crippen molar-refractivity contribution in [3.63, 3.8) is 0 Å². The summed E-state index contributed by atoms with van der Waals surface area (Å²) in [4.78, 5) is 12.4. The van der Waals surface area contributed by atoms with Crippen molar-refractivity contribution in [1.29, 1.82) is 0 Å². The van der Waals surface area contributed by atoms with Crippen LogP contribution in [0.2, 0.25) is 0 Å². The average Bonchev–Trinajstić information content (AvgIpc) is 3.10. The fourth-order valence-electron chi connectivity index (χ4n) is 3.15. The standard InChI is InChI=1S/C17H20FNO7/c1-7(4-8-2-3-10(20)9(18)5-8)17(24)19-11-12(21)14(23)16-15(13(11)22)25-6-26-16/h2-5,11-16,20-23H,6H2,1H3,(H,19,24)/b7-4+/t11?,12-,13+,14+,15-,16+/m0/s1. The highest BCUT2D eigenvalue weighted by Gasteiger charge is 2.53. The first-order chi connectivity index (χ1) is 12.3. The Hall–Kier alpha value is -2.04. The fraction of sp³-hybridized carbons (Fsp3) is 0.471. The molecule has 1 aromatic rings. The number of fused-ring (bicyclic) bond motifs is 1. The summed E-state index contributed by atoms with van der Waals surface area (Å²) in [6.45, 7) is 1.35. The molecular weight excluding hydrogens is 349 g/mol. The van der Waals surface area contributed by atoms with E-state index in [9.17, 15) is 29.6 Å². The second kappa shape index (κ2) is 7.29. The van der Waals surface area contributed by atoms with Crippen LogP contribution < -0.4 is 5.32 Å². The predicted molar refractivity (Wildman–Crippen MR) is 86.3 cm³/mol. The van der Waals surface area contributed by atoms with Crippen LogP contribution in [0.5, 0.6) is 5.75 Å². The number of carbonyl (C=O) groups is 1. The topological polar surface area (TPSA) is 128 Å². The number of carbonyl (C=O) groups excluding carboxylic acids is 1. The van der Waals surface area contributed by atoms with Crippen LogP contribution >= 0.6 is 0 Å². The zero-order chi connectivity index (χ0) is 19.0. The van der Waals surface area contributed by atoms with Crippen molar-refractivity contribution in [3.8, 4) is 5.75 Å². The summed E-state index contributed by atoms with van der Waals surface area (Å²) in [6.07, 6.45) is -4.40. The van der Waals surface area contributed by atoms with Gasteiger partial charge in [0, 0.05) is 5.57 Å². The van der Waals surface area contributed by atoms with Gasteiger partial charge in [0.05, 0.1) is 6.04 Å². The van der Waals surface area contributed by atoms with Crippen LogP contribution in [0.3, 0.4) is 0 Å². The van der Waals surface area contributed by atoms with Gasteiger partial charge in [-0.1, -0.05) is 6.07 Å². The number of benzene rings is 1. The Morgan fingerprint density at radius 3 is 2.50 bits per heavy atom. The van der Waals surface area contributed by atoms with E-state index < -0.39 is 54.0 Å². The molecule has 1 aliphatic heterocycles. The molecule has 0 radical (unpaired) electrons. The molecule has 1 saturated heterocycles. The molecule has 8 nitrogen and oxygen atoms in total. The number of aromatic hydroxyl groups is 1. The minimum Gasteiger partial charge on any atom is -0.505 e. The van der Waals surface area contributed by atoms with Gasteiger partial charge in [0.1, 0.15) is 37.3 Å². The van der Waals surface area contributed by atoms with Gasteiger partial charge in [-0.2, -0.15) is 0 Å². The summed E-state index contributed by atoms with van der Waals surface area (Å²) < 4.78 is 23.7. The molecule has 142 valence electrons. The molecule has 2 aliphatic rings. The van der Waals surface area contributed by atoms with Crippen molar-refractivity contribution in [2.45, 2.75) is 43.5 Å². The van der Waals surface area contributed by atoms with Crippen molar-refractivity contribution in [2.75, 3.05) is 6.79 Å². The Morgan fingerprint density at radius 2 is 1.85 bits per heavy atom. The van der Waals surface area contributed by atoms with Gasteiger partial charge in [0.2, 0.25) is 5.91 Å². The van der Waals surface area contributed by atoms with Crippen LogP contribution in [0.4, 0.5) is 4.39 Å². The fourth-order valence-corrected chi connectivity index (χ4v) is 3.15. The summed E-state index contributed by atoms with van der Waals surface area (Å²) in [5.74, 6) is -1.94. The number of halogens is 1. The third kappa shape index (κ3) is 3.44. The number of nitrogens with one attached hydrogen (secondary N) is 1. The lowest BCUT2D eigenvalue weighted by Gasteiger charge is -2.41. The second-order valence-electron chi connectivity index (χ2n) is 6.39. The molecule has 2 fully saturated rings. The first-order valence-corrected chi connectivity index (χ1v) is 8.04. The van der Waals surface area contributed by atoms with Crippen molar-refractivity contribution in [1.82, 2.24) is 5.32 Å². The summed E-state index contributed by atoms with van der Waals surface area (Å²) in [6, 6.07) is 2.49. The number of hydrogen-bond donors (Lipinski definition) is 5. The van der Waals surface area contributed by atoms with Crippen molar-refractivity contribution < 1.29 is 39.1 Å². The molecule has 5 N–H and O–H groups in total. The van der Waals surface area contributed by atoms with E-state index in [1.54, 1.807) is 0 Å². The highest BCUT2D eigenvalue weighted by Crippen LogP contribution is 2.30. The Labute approximate surface area is 148 Å². The number of phenols is 1. The highest BCUT2D eigenvalue weighted by molar-refractivity contribution is 5.97. The predicted octanol–water partition coefficient (Wildman–Crippen LogP) is -0.743. The molecule has 26 heavy (non-hydrogen) atoms. The molecule has 9 heteroatoms. The molecule has 0 spiro atoms. The van der Waals surface area contributed by atoms with E-state index in [1.807, 2.05) is 0 Å². The maximum Gasteiger partial charge on any atom is 0.247 e. The number of rotatable bonds is 3. The van der Waals surface area contributed by atoms with Gasteiger partial charge in [0.25, 0.3) is 0 Å². The second-order valence-corrected chi connectivity index (χ2v) is 6.39. The van der Waals surface area contributed by atoms with Crippen LogP contribution in [0.25, 0.3) is 6.08 Å². The number of aliphatic hydroxyl groups excluding tert-OH is 3. The Balaban J connectivity index is 1.73. The van der Waals surface area contributed by atoms with Gasteiger partial charge < -0.3 is 35.2 Å². The van der Waals surface area contributed by atoms with E-state index in [0.29, 0.717) is 5.56 Å². The summed E-state index contributed by atoms with van der Waals surface area (Å²) >= 11 is 0. The molecule has 0 aromatic heterocycles. The molecule has 1 amide bonds. The van der Waals surface area contributed by atoms with Crippen LogP contribution in [0, 0.1) is 5.82 Å². The highest BCUT2D eigenvalue weighted by atomic mass is 19.1. The van der Waals surface area contributed by atoms with Gasteiger partial charge in [-0.05, 0) is 30.7 Å². The van der Waals surface area contributed by atoms with Crippen molar-refractivity contribution >= 4 is 12.0 Å². The van der Waals surface area contributed by atoms with E-state index in [-0.39, 0.29) is 12.4 Å². The Bertz CT molecular complexity index is 725. The average molecular weight is 369 g/mol. The van der Waals surface area contributed by atoms with E-state index in [4.69, 9.17) is 9.47 Å². The molecular formula is C17H20FNO7. The third-order valence-electron chi connectivity index (χ3n) is 4.61. The lowest BCUT2D eigenvalue weighted by atomic mass is 9.83. The molecule has 1 unspecified atom stereocenters. The maximum absolute atomic E-state index is 13.4. The van der Waals surface area contributed by atoms with E-state index in [0.717, 1.165) is 12.1 Å². The summed E-state index contributed by atoms with van der Waals surface area (Å²) in [5.41, 5.74) is 0.528. The number of aliphatic hydroxyl groups is 3. The van der Waals surface area contributed by atoms with Gasteiger partial charge in [-0.15, -0.1) is 0 Å². The quantitative estimate of drug-likeness (QED) is 0.444. The molecule has 0 bridgehead atoms. The number of amides is 1. The molecule has 3 rings (SSSR count). The zero-order valence-electron chi connectivity index (χ0n) is 13.9. The number of hydrogen-bond acceptors (Lipinski definition) is 7. The largest absolute Gasteiger partial charge is 0.505 e. The molecule has 6 atom stereocenters. The SMILES string of the molecule is C/C(=C\c1ccc(O)c(F)c1)C(=O)NC1[C@@H](O)[C@@H]2OCO[C@@H]2[C@H](O)[C@H]1O. The first-order valence-electron chi connectivity index (χ1n) is 8.04. The molecule has 1 saturated carbocycles. The number of phenolic OH excluding ortho intramolecular Hbond substituents is 1. The molecule has 1 heterocycles. The van der Waals surface area contributed by atoms with Crippen molar-refractivity contribution in [2.24, 2.45) is 0 Å². The Morgan fingerprint density at radius 1 is 1.19 bits per heavy atom. The van der Waals surface area contributed by atoms with Crippen LogP contribution in [0.1, 0.15) is 12.5 Å². The Kier molecular flexibility index (Phi) is 5.26. The summed E-state index contributed by atoms with van der Waals surface area (Å²) in [7, 11) is 0.